The molecule has 0 radical (unpaired) electrons. The minimum absolute atomic E-state index is 0.105. The van der Waals surface area contributed by atoms with E-state index in [-0.39, 0.29) is 33.2 Å². The molecule has 0 aliphatic heterocycles. The molecule has 0 saturated heterocycles. The number of carbonyl (C=O) groups is 1. The highest BCUT2D eigenvalue weighted by molar-refractivity contribution is 6.16. The SMILES string of the molecule is CC(C)(C)C1=CC(c2ccc3c(C#Cc4ccccc4)c4ccccc4c(C#Cc4c5ccccc5c(C#Cc5ccccc5)c5cc(-c6cc(C(C)(C)C)c([O-])c(C(C)(C)C)c6)ccc45)c3c2)=C[C+](C(C)(C)C)C1=O. The first-order valence-electron chi connectivity index (χ1n) is 26.4. The molecular weight excluding hydrogens is 921 g/mol. The molecule has 0 unspecified atom stereocenters. The smallest absolute Gasteiger partial charge is 0.291 e. The number of fused-ring (bicyclic) bond motifs is 4. The van der Waals surface area contributed by atoms with Crippen LogP contribution in [0.2, 0.25) is 0 Å². The maximum Gasteiger partial charge on any atom is 0.291 e. The number of benzene rings is 9. The normalized spacial score (nSPS) is 13.2. The molecule has 0 saturated carbocycles. The Labute approximate surface area is 450 Å². The lowest BCUT2D eigenvalue weighted by atomic mass is 9.68. The van der Waals surface area contributed by atoms with E-state index in [2.05, 4.69) is 228 Å². The average molecular weight is 985 g/mol. The first kappa shape index (κ1) is 51.0. The maximum atomic E-state index is 14.2. The zero-order valence-corrected chi connectivity index (χ0v) is 46.0. The zero-order valence-electron chi connectivity index (χ0n) is 46.0. The van der Waals surface area contributed by atoms with Gasteiger partial charge in [-0.25, -0.2) is 0 Å². The van der Waals surface area contributed by atoms with Crippen LogP contribution in [0.1, 0.15) is 133 Å². The average Bonchev–Trinajstić information content (AvgIpc) is 3.40. The molecule has 2 nitrogen and oxygen atoms in total. The minimum Gasteiger partial charge on any atom is -0.872 e. The second kappa shape index (κ2) is 19.3. The van der Waals surface area contributed by atoms with Gasteiger partial charge in [-0.1, -0.05) is 192 Å². The van der Waals surface area contributed by atoms with Gasteiger partial charge in [-0.05, 0) is 155 Å². The molecular formula is C74H64O2. The van der Waals surface area contributed by atoms with Gasteiger partial charge < -0.3 is 5.11 Å². The van der Waals surface area contributed by atoms with Crippen molar-refractivity contribution in [2.75, 3.05) is 0 Å². The monoisotopic (exact) mass is 984 g/mol. The summed E-state index contributed by atoms with van der Waals surface area (Å²) in [5.74, 6) is 23.0. The van der Waals surface area contributed by atoms with Crippen LogP contribution in [0.25, 0.3) is 59.8 Å². The van der Waals surface area contributed by atoms with Crippen LogP contribution < -0.4 is 5.11 Å². The standard InChI is InChI=1S/C74H64O2/c1-71(2,3)65-43-51(44-66(69(65)75)72(4,5)6)49-34-38-61-58(54-28-20-21-29-55(54)59(63(61)41-49)36-32-48-25-17-14-18-26-48)39-40-62-56-30-22-19-27-53(56)57(35-31-47-23-15-13-16-24-47)60-37-33-50(42-64(60)62)52-45-67(73(7,8)9)70(76)68(46-52)74(10,11)12/h13-30,33-34,37-38,41-46H,1-12H3. The maximum absolute atomic E-state index is 14.2. The van der Waals surface area contributed by atoms with Gasteiger partial charge in [0.05, 0.1) is 17.7 Å². The Morgan fingerprint density at radius 2 is 0.750 bits per heavy atom. The molecule has 0 bridgehead atoms. The van der Waals surface area contributed by atoms with Gasteiger partial charge in [0, 0.05) is 55.2 Å². The van der Waals surface area contributed by atoms with Gasteiger partial charge in [-0.3, -0.25) is 4.79 Å². The molecule has 0 fully saturated rings. The summed E-state index contributed by atoms with van der Waals surface area (Å²) in [4.78, 5) is 14.2. The largest absolute Gasteiger partial charge is 0.872 e. The van der Waals surface area contributed by atoms with Crippen LogP contribution in [0.3, 0.4) is 0 Å². The first-order chi connectivity index (χ1) is 36.1. The first-order valence-corrected chi connectivity index (χ1v) is 26.4. The molecule has 2 heteroatoms. The molecule has 0 amide bonds. The van der Waals surface area contributed by atoms with E-state index in [0.29, 0.717) is 0 Å². The molecule has 9 aromatic carbocycles. The Morgan fingerprint density at radius 3 is 1.16 bits per heavy atom. The van der Waals surface area contributed by atoms with Crippen molar-refractivity contribution in [3.05, 3.63) is 231 Å². The summed E-state index contributed by atoms with van der Waals surface area (Å²) < 4.78 is 0. The van der Waals surface area contributed by atoms with Crippen molar-refractivity contribution in [3.8, 4) is 52.4 Å². The third-order valence-corrected chi connectivity index (χ3v) is 14.6. The Bertz CT molecular complexity index is 4060. The van der Waals surface area contributed by atoms with Crippen molar-refractivity contribution in [2.45, 2.75) is 93.9 Å². The quantitative estimate of drug-likeness (QED) is 0.0984. The van der Waals surface area contributed by atoms with Gasteiger partial charge in [0.25, 0.3) is 5.78 Å². The third-order valence-electron chi connectivity index (χ3n) is 14.6. The Kier molecular flexibility index (Phi) is 13.0. The molecule has 372 valence electrons. The second-order valence-electron chi connectivity index (χ2n) is 24.4. The minimum atomic E-state index is -0.363. The Hall–Kier alpha value is -8.48. The van der Waals surface area contributed by atoms with Gasteiger partial charge in [0.1, 0.15) is 11.5 Å². The van der Waals surface area contributed by atoms with Crippen LogP contribution >= 0.6 is 0 Å². The highest BCUT2D eigenvalue weighted by Gasteiger charge is 2.45. The molecule has 1 aliphatic carbocycles. The number of Topliss-reactive ketones (excluding diaryl/α,β-unsaturated/α-hetero) is 1. The number of rotatable bonds is 2. The lowest BCUT2D eigenvalue weighted by Crippen LogP contribution is -2.32. The summed E-state index contributed by atoms with van der Waals surface area (Å²) in [5.41, 5.74) is 10.5. The predicted octanol–water partition coefficient (Wildman–Crippen LogP) is 17.4. The van der Waals surface area contributed by atoms with E-state index in [9.17, 15) is 9.90 Å². The molecule has 0 aromatic heterocycles. The van der Waals surface area contributed by atoms with Crippen LogP contribution in [0.5, 0.6) is 5.75 Å². The van der Waals surface area contributed by atoms with Crippen molar-refractivity contribution in [2.24, 2.45) is 10.8 Å². The topological polar surface area (TPSA) is 40.1 Å². The van der Waals surface area contributed by atoms with Crippen molar-refractivity contribution in [1.82, 2.24) is 0 Å². The molecule has 9 aromatic rings. The lowest BCUT2D eigenvalue weighted by Gasteiger charge is -2.34. The number of carbonyl (C=O) groups excluding carboxylic acids is 1. The summed E-state index contributed by atoms with van der Waals surface area (Å²) in [6.45, 7) is 25.4. The molecule has 0 spiro atoms. The van der Waals surface area contributed by atoms with E-state index in [1.54, 1.807) is 0 Å². The summed E-state index contributed by atoms with van der Waals surface area (Å²) in [5, 5.41) is 22.1. The predicted molar refractivity (Wildman–Crippen MR) is 319 cm³/mol. The summed E-state index contributed by atoms with van der Waals surface area (Å²) in [6, 6.07) is 54.7. The zero-order chi connectivity index (χ0) is 53.9. The van der Waals surface area contributed by atoms with E-state index in [4.69, 9.17) is 0 Å². The Balaban J connectivity index is 1.27. The van der Waals surface area contributed by atoms with Crippen LogP contribution in [0.15, 0.2) is 175 Å². The van der Waals surface area contributed by atoms with E-state index in [1.807, 2.05) is 60.7 Å². The fourth-order valence-electron chi connectivity index (χ4n) is 10.5. The highest BCUT2D eigenvalue weighted by Crippen LogP contribution is 2.46. The number of allylic oxidation sites excluding steroid dienone is 4. The van der Waals surface area contributed by atoms with Gasteiger partial charge in [0.15, 0.2) is 0 Å². The third kappa shape index (κ3) is 9.84. The van der Waals surface area contributed by atoms with Gasteiger partial charge in [-0.15, -0.1) is 5.75 Å². The molecule has 10 rings (SSSR count). The van der Waals surface area contributed by atoms with E-state index < -0.39 is 0 Å². The van der Waals surface area contributed by atoms with E-state index in [1.165, 1.54) is 0 Å². The fourth-order valence-corrected chi connectivity index (χ4v) is 10.5. The van der Waals surface area contributed by atoms with Crippen LogP contribution in [0.4, 0.5) is 0 Å². The second-order valence-corrected chi connectivity index (χ2v) is 24.4. The van der Waals surface area contributed by atoms with E-state index >= 15 is 0 Å². The van der Waals surface area contributed by atoms with Crippen molar-refractivity contribution >= 4 is 54.4 Å². The number of ketones is 1. The summed E-state index contributed by atoms with van der Waals surface area (Å²) >= 11 is 0. The van der Waals surface area contributed by atoms with Crippen LogP contribution in [0, 0.1) is 52.3 Å². The van der Waals surface area contributed by atoms with Crippen molar-refractivity contribution in [3.63, 3.8) is 0 Å². The molecule has 0 N–H and O–H groups in total. The summed E-state index contributed by atoms with van der Waals surface area (Å²) in [7, 11) is 0. The van der Waals surface area contributed by atoms with Crippen molar-refractivity contribution in [1.29, 1.82) is 0 Å². The molecule has 0 heterocycles. The molecule has 1 aliphatic rings. The van der Waals surface area contributed by atoms with Gasteiger partial charge in [0.2, 0.25) is 0 Å². The number of hydrogen-bond donors (Lipinski definition) is 0. The highest BCUT2D eigenvalue weighted by atomic mass is 16.3. The molecule has 0 atom stereocenters. The van der Waals surface area contributed by atoms with E-state index in [0.717, 1.165) is 121 Å². The lowest BCUT2D eigenvalue weighted by molar-refractivity contribution is -0.271. The van der Waals surface area contributed by atoms with Crippen molar-refractivity contribution < 1.29 is 9.90 Å². The van der Waals surface area contributed by atoms with Crippen LogP contribution in [-0.2, 0) is 15.6 Å². The summed E-state index contributed by atoms with van der Waals surface area (Å²) in [6.07, 6.45) is 4.19. The fraction of sp³-hybridized carbons (Fsp3) is 0.216. The van der Waals surface area contributed by atoms with Gasteiger partial charge in [-0.2, -0.15) is 0 Å². The van der Waals surface area contributed by atoms with Gasteiger partial charge >= 0.3 is 0 Å². The Morgan fingerprint density at radius 1 is 0.382 bits per heavy atom. The number of hydrogen-bond acceptors (Lipinski definition) is 2. The van der Waals surface area contributed by atoms with Crippen LogP contribution in [-0.4, -0.2) is 5.78 Å². The molecule has 76 heavy (non-hydrogen) atoms.